The molecule has 4 heterocycles. The third-order valence-electron chi connectivity index (χ3n) is 4.36. The number of hydrogen-bond acceptors (Lipinski definition) is 9. The summed E-state index contributed by atoms with van der Waals surface area (Å²) in [5, 5.41) is 22.8. The van der Waals surface area contributed by atoms with Crippen molar-refractivity contribution in [3.63, 3.8) is 0 Å². The molecule has 2 aromatic heterocycles. The highest BCUT2D eigenvalue weighted by Crippen LogP contribution is 2.41. The fourth-order valence-electron chi connectivity index (χ4n) is 3.08. The lowest BCUT2D eigenvalue weighted by molar-refractivity contribution is -0.150. The van der Waals surface area contributed by atoms with Gasteiger partial charge in [0.05, 0.1) is 6.42 Å². The Labute approximate surface area is 182 Å². The zero-order chi connectivity index (χ0) is 20.5. The minimum atomic E-state index is -1.13. The van der Waals surface area contributed by atoms with E-state index >= 15 is 0 Å². The summed E-state index contributed by atoms with van der Waals surface area (Å²) in [5.41, 5.74) is 0.699. The summed E-state index contributed by atoms with van der Waals surface area (Å²) in [4.78, 5) is 39.0. The average Bonchev–Trinajstić information content (AvgIpc) is 3.35. The second-order valence-electron chi connectivity index (χ2n) is 6.34. The highest BCUT2D eigenvalue weighted by Gasteiger charge is 2.54. The number of carbonyl (C=O) groups excluding carboxylic acids is 2. The van der Waals surface area contributed by atoms with Crippen LogP contribution in [0.15, 0.2) is 33.1 Å². The van der Waals surface area contributed by atoms with E-state index in [1.54, 1.807) is 0 Å². The molecule has 0 radical (unpaired) electrons. The van der Waals surface area contributed by atoms with Gasteiger partial charge in [0.2, 0.25) is 5.91 Å². The number of hydrogen-bond donors (Lipinski definition) is 2. The first-order valence-electron chi connectivity index (χ1n) is 8.58. The molecule has 0 spiro atoms. The zero-order valence-electron chi connectivity index (χ0n) is 15.2. The molecule has 12 heteroatoms. The Morgan fingerprint density at radius 3 is 2.90 bits per heavy atom. The second-order valence-corrected chi connectivity index (χ2v) is 10.9. The highest BCUT2D eigenvalue weighted by atomic mass is 32.2. The molecule has 0 unspecified atom stereocenters. The number of rotatable bonds is 7. The highest BCUT2D eigenvalue weighted by molar-refractivity contribution is 8.01. The van der Waals surface area contributed by atoms with Crippen LogP contribution in [0.2, 0.25) is 0 Å². The average molecular weight is 469 g/mol. The van der Waals surface area contributed by atoms with Crippen LogP contribution < -0.4 is 5.32 Å². The van der Waals surface area contributed by atoms with Gasteiger partial charge in [0, 0.05) is 16.4 Å². The Morgan fingerprint density at radius 1 is 1.41 bits per heavy atom. The number of aromatic nitrogens is 2. The first kappa shape index (κ1) is 20.4. The van der Waals surface area contributed by atoms with Gasteiger partial charge in [0.25, 0.3) is 5.91 Å². The number of carboxylic acids is 1. The normalized spacial score (nSPS) is 21.0. The molecular weight excluding hydrogens is 452 g/mol. The van der Waals surface area contributed by atoms with Crippen molar-refractivity contribution in [2.45, 2.75) is 29.1 Å². The number of nitrogens with one attached hydrogen (secondary N) is 1. The Kier molecular flexibility index (Phi) is 5.95. The topological polar surface area (TPSA) is 112 Å². The van der Waals surface area contributed by atoms with Crippen LogP contribution in [0.5, 0.6) is 0 Å². The number of carboxylic acid groups (broad SMARTS) is 1. The van der Waals surface area contributed by atoms with Gasteiger partial charge in [-0.05, 0) is 23.9 Å². The lowest BCUT2D eigenvalue weighted by atomic mass is 10.0. The predicted molar refractivity (Wildman–Crippen MR) is 113 cm³/mol. The van der Waals surface area contributed by atoms with Crippen molar-refractivity contribution in [2.24, 2.45) is 0 Å². The van der Waals surface area contributed by atoms with Gasteiger partial charge >= 0.3 is 5.97 Å². The Morgan fingerprint density at radius 2 is 2.24 bits per heavy atom. The zero-order valence-corrected chi connectivity index (χ0v) is 18.4. The van der Waals surface area contributed by atoms with Gasteiger partial charge in [-0.15, -0.1) is 33.3 Å². The van der Waals surface area contributed by atoms with E-state index < -0.39 is 17.4 Å². The van der Waals surface area contributed by atoms with E-state index in [2.05, 4.69) is 15.5 Å². The molecule has 152 valence electrons. The summed E-state index contributed by atoms with van der Waals surface area (Å²) in [6.45, 7) is 1.86. The monoisotopic (exact) mass is 468 g/mol. The van der Waals surface area contributed by atoms with Crippen LogP contribution in [0.25, 0.3) is 0 Å². The van der Waals surface area contributed by atoms with E-state index in [0.29, 0.717) is 17.1 Å². The number of aliphatic carboxylic acids is 1. The molecule has 0 aromatic carbocycles. The molecule has 0 bridgehead atoms. The summed E-state index contributed by atoms with van der Waals surface area (Å²) < 4.78 is 0.764. The predicted octanol–water partition coefficient (Wildman–Crippen LogP) is 1.98. The van der Waals surface area contributed by atoms with Crippen molar-refractivity contribution in [1.82, 2.24) is 20.4 Å². The molecule has 2 atom stereocenters. The number of nitrogens with zero attached hydrogens (tertiary/aromatic N) is 3. The summed E-state index contributed by atoms with van der Waals surface area (Å²) in [6.07, 6.45) is 0.212. The summed E-state index contributed by atoms with van der Waals surface area (Å²) in [5.74, 6) is -0.836. The van der Waals surface area contributed by atoms with E-state index in [0.717, 1.165) is 14.2 Å². The summed E-state index contributed by atoms with van der Waals surface area (Å²) in [7, 11) is 0. The van der Waals surface area contributed by atoms with Gasteiger partial charge in [-0.3, -0.25) is 14.5 Å². The quantitative estimate of drug-likeness (QED) is 0.469. The number of β-lactam (4-membered cyclic amide) rings is 1. The third-order valence-corrected chi connectivity index (χ3v) is 8.63. The minimum Gasteiger partial charge on any atom is -0.477 e. The van der Waals surface area contributed by atoms with Crippen molar-refractivity contribution in [2.75, 3.05) is 11.5 Å². The van der Waals surface area contributed by atoms with Gasteiger partial charge < -0.3 is 10.4 Å². The van der Waals surface area contributed by atoms with Crippen molar-refractivity contribution in [3.05, 3.63) is 38.7 Å². The van der Waals surface area contributed by atoms with Crippen molar-refractivity contribution >= 4 is 64.0 Å². The number of aryl methyl sites for hydroxylation is 1. The largest absolute Gasteiger partial charge is 0.477 e. The Balaban J connectivity index is 1.44. The number of fused-ring (bicyclic) bond motifs is 1. The molecule has 2 aromatic rings. The van der Waals surface area contributed by atoms with Crippen molar-refractivity contribution in [1.29, 1.82) is 0 Å². The molecule has 1 fully saturated rings. The van der Waals surface area contributed by atoms with E-state index in [-0.39, 0.29) is 23.9 Å². The van der Waals surface area contributed by atoms with E-state index in [1.807, 2.05) is 24.4 Å². The standard InChI is InChI=1S/C17H16N4O4S4/c1-8-19-20-17(29-8)28-7-9-6-27-15-12(14(23)21(15)13(9)16(24)25)18-11(22)5-10-3-2-4-26-10/h2-4,12,15H,5-7H2,1H3,(H,18,22)(H,24,25)/t12-,15-/m1/s1. The van der Waals surface area contributed by atoms with Gasteiger partial charge in [0.15, 0.2) is 4.34 Å². The van der Waals surface area contributed by atoms with Gasteiger partial charge in [0.1, 0.15) is 22.1 Å². The molecule has 4 rings (SSSR count). The first-order chi connectivity index (χ1) is 13.9. The number of thiophene rings is 1. The lowest BCUT2D eigenvalue weighted by Crippen LogP contribution is -2.70. The van der Waals surface area contributed by atoms with Crippen LogP contribution in [0.3, 0.4) is 0 Å². The molecule has 1 saturated heterocycles. The van der Waals surface area contributed by atoms with Crippen LogP contribution in [0.4, 0.5) is 0 Å². The smallest absolute Gasteiger partial charge is 0.352 e. The van der Waals surface area contributed by atoms with Crippen LogP contribution in [-0.4, -0.2) is 60.9 Å². The molecule has 8 nitrogen and oxygen atoms in total. The van der Waals surface area contributed by atoms with Crippen LogP contribution in [0.1, 0.15) is 9.88 Å². The van der Waals surface area contributed by atoms with Crippen LogP contribution >= 0.6 is 46.2 Å². The second kappa shape index (κ2) is 8.46. The molecular formula is C17H16N4O4S4. The maximum Gasteiger partial charge on any atom is 0.352 e. The summed E-state index contributed by atoms with van der Waals surface area (Å²) in [6, 6.07) is 3.04. The Hall–Kier alpha value is -1.89. The fraction of sp³-hybridized carbons (Fsp3) is 0.353. The molecule has 0 aliphatic carbocycles. The summed E-state index contributed by atoms with van der Waals surface area (Å²) >= 11 is 5.81. The molecule has 29 heavy (non-hydrogen) atoms. The Bertz CT molecular complexity index is 987. The number of amides is 2. The molecule has 2 aliphatic heterocycles. The van der Waals surface area contributed by atoms with E-state index in [4.69, 9.17) is 0 Å². The molecule has 0 saturated carbocycles. The van der Waals surface area contributed by atoms with Crippen molar-refractivity contribution < 1.29 is 19.5 Å². The molecule has 2 aliphatic rings. The van der Waals surface area contributed by atoms with Crippen LogP contribution in [0, 0.1) is 6.92 Å². The fourth-order valence-corrected chi connectivity index (χ4v) is 7.08. The molecule has 2 N–H and O–H groups in total. The van der Waals surface area contributed by atoms with Crippen LogP contribution in [-0.2, 0) is 20.8 Å². The maximum absolute atomic E-state index is 12.6. The number of carbonyl (C=O) groups is 3. The van der Waals surface area contributed by atoms with E-state index in [1.165, 1.54) is 51.1 Å². The van der Waals surface area contributed by atoms with Crippen molar-refractivity contribution in [3.8, 4) is 0 Å². The number of thioether (sulfide) groups is 2. The molecule has 2 amide bonds. The van der Waals surface area contributed by atoms with Gasteiger partial charge in [-0.1, -0.05) is 29.2 Å². The lowest BCUT2D eigenvalue weighted by Gasteiger charge is -2.49. The van der Waals surface area contributed by atoms with Gasteiger partial charge in [-0.25, -0.2) is 4.79 Å². The van der Waals surface area contributed by atoms with Gasteiger partial charge in [-0.2, -0.15) is 0 Å². The van der Waals surface area contributed by atoms with E-state index in [9.17, 15) is 19.5 Å². The maximum atomic E-state index is 12.6. The minimum absolute atomic E-state index is 0.0243. The third kappa shape index (κ3) is 4.20. The first-order valence-corrected chi connectivity index (χ1v) is 12.3. The SMILES string of the molecule is Cc1nnc(SCC2=C(C(=O)O)N3C(=O)[C@@H](NC(=O)Cc4cccs4)[C@H]3SC2)s1.